The van der Waals surface area contributed by atoms with Gasteiger partial charge in [-0.2, -0.15) is 0 Å². The molecule has 3 nitrogen and oxygen atoms in total. The average Bonchev–Trinajstić information content (AvgIpc) is 2.83. The molecule has 0 spiro atoms. The molecule has 0 unspecified atom stereocenters. The summed E-state index contributed by atoms with van der Waals surface area (Å²) in [4.78, 5) is 11.3. The number of nitrogens with zero attached hydrogens (tertiary/aromatic N) is 2. The maximum atomic E-state index is 6.21. The van der Waals surface area contributed by atoms with Gasteiger partial charge in [-0.05, 0) is 31.2 Å². The summed E-state index contributed by atoms with van der Waals surface area (Å²) in [7, 11) is 0. The summed E-state index contributed by atoms with van der Waals surface area (Å²) in [6.07, 6.45) is 0.783. The Hall–Kier alpha value is -1.36. The van der Waals surface area contributed by atoms with Crippen molar-refractivity contribution in [3.63, 3.8) is 0 Å². The average molecular weight is 338 g/mol. The second-order valence-corrected chi connectivity index (χ2v) is 6.75. The summed E-state index contributed by atoms with van der Waals surface area (Å²) in [5.74, 6) is 1.58. The minimum atomic E-state index is 0.608. The van der Waals surface area contributed by atoms with Gasteiger partial charge >= 0.3 is 0 Å². The van der Waals surface area contributed by atoms with Gasteiger partial charge in [0.2, 0.25) is 0 Å². The molecular weight excluding hydrogens is 325 g/mol. The Morgan fingerprint density at radius 1 is 1.19 bits per heavy atom. The van der Waals surface area contributed by atoms with Crippen molar-refractivity contribution in [3.05, 3.63) is 45.0 Å². The number of fused-ring (bicyclic) bond motifs is 1. The molecule has 0 fully saturated rings. The molecule has 2 heterocycles. The van der Waals surface area contributed by atoms with Crippen LogP contribution in [0.4, 0.5) is 11.5 Å². The predicted molar refractivity (Wildman–Crippen MR) is 91.3 cm³/mol. The zero-order valence-corrected chi connectivity index (χ0v) is 13.9. The Kier molecular flexibility index (Phi) is 4.02. The highest BCUT2D eigenvalue weighted by molar-refractivity contribution is 7.18. The number of hydrogen-bond donors (Lipinski definition) is 1. The van der Waals surface area contributed by atoms with Crippen LogP contribution < -0.4 is 5.32 Å². The van der Waals surface area contributed by atoms with Crippen molar-refractivity contribution in [1.82, 2.24) is 9.97 Å². The van der Waals surface area contributed by atoms with E-state index in [0.29, 0.717) is 10.0 Å². The molecule has 0 aliphatic rings. The highest BCUT2D eigenvalue weighted by Gasteiger charge is 2.11. The lowest BCUT2D eigenvalue weighted by Gasteiger charge is -2.10. The molecule has 1 aromatic carbocycles. The van der Waals surface area contributed by atoms with Gasteiger partial charge in [-0.1, -0.05) is 30.1 Å². The Morgan fingerprint density at radius 3 is 2.76 bits per heavy atom. The van der Waals surface area contributed by atoms with Crippen LogP contribution in [0.5, 0.6) is 0 Å². The van der Waals surface area contributed by atoms with Gasteiger partial charge in [-0.15, -0.1) is 11.3 Å². The molecular formula is C15H13Cl2N3S. The Bertz CT molecular complexity index is 814. The molecule has 0 aliphatic heterocycles. The second-order valence-electron chi connectivity index (χ2n) is 4.67. The molecule has 0 aliphatic carbocycles. The molecule has 0 radical (unpaired) electrons. The fourth-order valence-electron chi connectivity index (χ4n) is 2.06. The van der Waals surface area contributed by atoms with Gasteiger partial charge in [0, 0.05) is 16.3 Å². The third-order valence-electron chi connectivity index (χ3n) is 3.06. The van der Waals surface area contributed by atoms with Crippen molar-refractivity contribution in [2.45, 2.75) is 20.3 Å². The molecule has 0 bridgehead atoms. The first-order chi connectivity index (χ1) is 10.1. The fourth-order valence-corrected chi connectivity index (χ4v) is 3.30. The van der Waals surface area contributed by atoms with Gasteiger partial charge in [0.05, 0.1) is 16.1 Å². The normalized spacial score (nSPS) is 11.0. The van der Waals surface area contributed by atoms with E-state index in [1.165, 1.54) is 4.88 Å². The van der Waals surface area contributed by atoms with Crippen molar-refractivity contribution < 1.29 is 0 Å². The number of thiophene rings is 1. The number of hydrogen-bond acceptors (Lipinski definition) is 4. The monoisotopic (exact) mass is 337 g/mol. The van der Waals surface area contributed by atoms with Crippen LogP contribution in [0.1, 0.15) is 17.6 Å². The Morgan fingerprint density at radius 2 is 2.00 bits per heavy atom. The van der Waals surface area contributed by atoms with E-state index in [-0.39, 0.29) is 0 Å². The molecule has 3 aromatic rings. The molecule has 21 heavy (non-hydrogen) atoms. The quantitative estimate of drug-likeness (QED) is 0.674. The number of nitrogens with one attached hydrogen (secondary N) is 1. The number of benzene rings is 1. The van der Waals surface area contributed by atoms with Crippen molar-refractivity contribution >= 4 is 56.3 Å². The molecule has 0 amide bonds. The van der Waals surface area contributed by atoms with E-state index in [0.717, 1.165) is 34.0 Å². The van der Waals surface area contributed by atoms with Gasteiger partial charge in [0.1, 0.15) is 16.5 Å². The molecule has 2 aromatic heterocycles. The number of rotatable bonds is 3. The first kappa shape index (κ1) is 14.6. The summed E-state index contributed by atoms with van der Waals surface area (Å²) < 4.78 is 0. The SMILES string of the molecule is CCc1nc(Nc2cc(Cl)ccc2Cl)c2cc(C)sc2n1. The lowest BCUT2D eigenvalue weighted by molar-refractivity contribution is 0.967. The Labute approximate surface area is 137 Å². The van der Waals surface area contributed by atoms with Crippen LogP contribution in [0.3, 0.4) is 0 Å². The first-order valence-electron chi connectivity index (χ1n) is 6.56. The van der Waals surface area contributed by atoms with Gasteiger partial charge in [-0.3, -0.25) is 0 Å². The van der Waals surface area contributed by atoms with E-state index in [2.05, 4.69) is 28.3 Å². The van der Waals surface area contributed by atoms with Gasteiger partial charge in [-0.25, -0.2) is 9.97 Å². The van der Waals surface area contributed by atoms with Gasteiger partial charge in [0.25, 0.3) is 0 Å². The molecule has 3 rings (SSSR count). The van der Waals surface area contributed by atoms with Crippen molar-refractivity contribution in [2.75, 3.05) is 5.32 Å². The van der Waals surface area contributed by atoms with Crippen LogP contribution in [-0.2, 0) is 6.42 Å². The third-order valence-corrected chi connectivity index (χ3v) is 4.57. The molecule has 0 saturated carbocycles. The summed E-state index contributed by atoms with van der Waals surface area (Å²) >= 11 is 13.9. The van der Waals surface area contributed by atoms with E-state index < -0.39 is 0 Å². The summed E-state index contributed by atoms with van der Waals surface area (Å²) in [5, 5.41) is 5.53. The van der Waals surface area contributed by atoms with E-state index >= 15 is 0 Å². The lowest BCUT2D eigenvalue weighted by Crippen LogP contribution is -2.00. The van der Waals surface area contributed by atoms with Crippen molar-refractivity contribution in [2.24, 2.45) is 0 Å². The minimum Gasteiger partial charge on any atom is -0.338 e. The Balaban J connectivity index is 2.12. The first-order valence-corrected chi connectivity index (χ1v) is 8.13. The fraction of sp³-hybridized carbons (Fsp3) is 0.200. The van der Waals surface area contributed by atoms with Crippen LogP contribution >= 0.6 is 34.5 Å². The van der Waals surface area contributed by atoms with Crippen LogP contribution in [0.25, 0.3) is 10.2 Å². The summed E-state index contributed by atoms with van der Waals surface area (Å²) in [6, 6.07) is 7.41. The topological polar surface area (TPSA) is 37.8 Å². The van der Waals surface area contributed by atoms with Crippen LogP contribution in [-0.4, -0.2) is 9.97 Å². The van der Waals surface area contributed by atoms with Crippen LogP contribution in [0.2, 0.25) is 10.0 Å². The molecule has 0 saturated heterocycles. The zero-order valence-electron chi connectivity index (χ0n) is 11.6. The second kappa shape index (κ2) is 5.79. The number of anilines is 2. The molecule has 108 valence electrons. The minimum absolute atomic E-state index is 0.608. The van der Waals surface area contributed by atoms with E-state index in [4.69, 9.17) is 23.2 Å². The standard InChI is InChI=1S/C15H13Cl2N3S/c1-3-13-19-14(10-6-8(2)21-15(10)20-13)18-12-7-9(16)4-5-11(12)17/h4-7H,3H2,1-2H3,(H,18,19,20). The van der Waals surface area contributed by atoms with E-state index in [1.807, 2.05) is 6.92 Å². The molecule has 6 heteroatoms. The van der Waals surface area contributed by atoms with Crippen molar-refractivity contribution in [1.29, 1.82) is 0 Å². The van der Waals surface area contributed by atoms with E-state index in [1.54, 1.807) is 29.5 Å². The largest absolute Gasteiger partial charge is 0.338 e. The predicted octanol–water partition coefficient (Wildman–Crippen LogP) is 5.61. The van der Waals surface area contributed by atoms with Crippen LogP contribution in [0, 0.1) is 6.92 Å². The number of halogens is 2. The summed E-state index contributed by atoms with van der Waals surface area (Å²) in [6.45, 7) is 4.10. The summed E-state index contributed by atoms with van der Waals surface area (Å²) in [5.41, 5.74) is 0.745. The highest BCUT2D eigenvalue weighted by atomic mass is 35.5. The highest BCUT2D eigenvalue weighted by Crippen LogP contribution is 2.33. The number of aryl methyl sites for hydroxylation is 2. The molecule has 0 atom stereocenters. The maximum Gasteiger partial charge on any atom is 0.142 e. The zero-order chi connectivity index (χ0) is 15.0. The van der Waals surface area contributed by atoms with Gasteiger partial charge < -0.3 is 5.32 Å². The maximum absolute atomic E-state index is 6.21. The third kappa shape index (κ3) is 2.98. The van der Waals surface area contributed by atoms with Crippen LogP contribution in [0.15, 0.2) is 24.3 Å². The van der Waals surface area contributed by atoms with Gasteiger partial charge in [0.15, 0.2) is 0 Å². The number of aromatic nitrogens is 2. The lowest BCUT2D eigenvalue weighted by atomic mass is 10.3. The van der Waals surface area contributed by atoms with Crippen molar-refractivity contribution in [3.8, 4) is 0 Å². The van der Waals surface area contributed by atoms with E-state index in [9.17, 15) is 0 Å². The molecule has 1 N–H and O–H groups in total. The smallest absolute Gasteiger partial charge is 0.142 e.